The van der Waals surface area contributed by atoms with E-state index < -0.39 is 0 Å². The molecule has 3 aliphatic carbocycles. The molecule has 3 aromatic rings. The number of hydrogen-bond donors (Lipinski definition) is 3. The predicted molar refractivity (Wildman–Crippen MR) is 164 cm³/mol. The van der Waals surface area contributed by atoms with Gasteiger partial charge >= 0.3 is 0 Å². The Kier molecular flexibility index (Phi) is 6.25. The summed E-state index contributed by atoms with van der Waals surface area (Å²) in [6.45, 7) is 7.95. The van der Waals surface area contributed by atoms with Gasteiger partial charge in [-0.2, -0.15) is 10.2 Å². The maximum Gasteiger partial charge on any atom is 0.228 e. The minimum absolute atomic E-state index is 0.238. The number of nitrogen functional groups attached to an aromatic ring is 1. The summed E-state index contributed by atoms with van der Waals surface area (Å²) < 4.78 is 6.35. The zero-order valence-corrected chi connectivity index (χ0v) is 25.2. The highest BCUT2D eigenvalue weighted by molar-refractivity contribution is 7.16. The number of hydrogen-bond acceptors (Lipinski definition) is 11. The highest BCUT2D eigenvalue weighted by atomic mass is 32.1. The zero-order valence-electron chi connectivity index (χ0n) is 24.3. The summed E-state index contributed by atoms with van der Waals surface area (Å²) in [5.41, 5.74) is 10.8. The summed E-state index contributed by atoms with van der Waals surface area (Å²) in [6, 6.07) is 4.86. The van der Waals surface area contributed by atoms with Crippen LogP contribution in [-0.2, 0) is 18.3 Å². The van der Waals surface area contributed by atoms with Crippen molar-refractivity contribution in [2.24, 2.45) is 0 Å². The lowest BCUT2D eigenvalue weighted by molar-refractivity contribution is 0.265. The molecule has 2 atom stereocenters. The molecule has 42 heavy (non-hydrogen) atoms. The molecule has 2 aliphatic heterocycles. The summed E-state index contributed by atoms with van der Waals surface area (Å²) in [5, 5.41) is 22.8. The van der Waals surface area contributed by atoms with Crippen LogP contribution in [0, 0.1) is 11.3 Å². The number of nitrogens with zero attached hydrogens (tertiary/aromatic N) is 6. The van der Waals surface area contributed by atoms with Gasteiger partial charge in [0.15, 0.2) is 5.76 Å². The van der Waals surface area contributed by atoms with Crippen LogP contribution in [0.25, 0.3) is 11.4 Å². The van der Waals surface area contributed by atoms with Gasteiger partial charge in [0.2, 0.25) is 5.95 Å². The van der Waals surface area contributed by atoms with E-state index in [0.29, 0.717) is 10.6 Å². The molecule has 5 heterocycles. The Labute approximate surface area is 250 Å². The summed E-state index contributed by atoms with van der Waals surface area (Å²) in [4.78, 5) is 16.5. The van der Waals surface area contributed by atoms with Crippen molar-refractivity contribution in [2.75, 3.05) is 54.8 Å². The Morgan fingerprint density at radius 1 is 1.12 bits per heavy atom. The predicted octanol–water partition coefficient (Wildman–Crippen LogP) is 3.74. The molecule has 3 fully saturated rings. The van der Waals surface area contributed by atoms with Gasteiger partial charge in [-0.1, -0.05) is 5.16 Å². The van der Waals surface area contributed by atoms with Crippen LogP contribution in [0.5, 0.6) is 0 Å². The summed E-state index contributed by atoms with van der Waals surface area (Å²) >= 11 is 1.58. The second kappa shape index (κ2) is 9.93. The van der Waals surface area contributed by atoms with Gasteiger partial charge in [-0.25, -0.2) is 4.98 Å². The van der Waals surface area contributed by atoms with Gasteiger partial charge in [0.25, 0.3) is 0 Å². The fourth-order valence-electron chi connectivity index (χ4n) is 8.03. The van der Waals surface area contributed by atoms with E-state index in [1.807, 2.05) is 0 Å². The van der Waals surface area contributed by atoms with Crippen LogP contribution >= 0.6 is 11.3 Å². The van der Waals surface area contributed by atoms with Crippen molar-refractivity contribution < 1.29 is 4.52 Å². The highest BCUT2D eigenvalue weighted by Crippen LogP contribution is 2.55. The van der Waals surface area contributed by atoms with Gasteiger partial charge in [0.1, 0.15) is 28.3 Å². The van der Waals surface area contributed by atoms with Gasteiger partial charge in [-0.05, 0) is 76.8 Å². The molecule has 0 radical (unpaired) electrons. The number of nitrogens with one attached hydrogen (secondary N) is 2. The monoisotopic (exact) mass is 585 g/mol. The zero-order chi connectivity index (χ0) is 28.5. The van der Waals surface area contributed by atoms with E-state index in [9.17, 15) is 5.26 Å². The molecular formula is C31H39N9OS. The minimum Gasteiger partial charge on any atom is -0.389 e. The van der Waals surface area contributed by atoms with Crippen molar-refractivity contribution in [2.45, 2.75) is 81.7 Å². The average molecular weight is 586 g/mol. The van der Waals surface area contributed by atoms with Crippen molar-refractivity contribution in [3.8, 4) is 17.5 Å². The summed E-state index contributed by atoms with van der Waals surface area (Å²) in [7, 11) is 0. The van der Waals surface area contributed by atoms with Crippen molar-refractivity contribution in [1.29, 1.82) is 5.26 Å². The minimum atomic E-state index is -0.341. The second-order valence-electron chi connectivity index (χ2n) is 13.0. The van der Waals surface area contributed by atoms with Crippen molar-refractivity contribution in [3.63, 3.8) is 0 Å². The molecule has 2 spiro atoms. The molecular weight excluding hydrogens is 546 g/mol. The van der Waals surface area contributed by atoms with Crippen LogP contribution in [-0.4, -0.2) is 66.0 Å². The number of aryl methyl sites for hydroxylation is 1. The third-order valence-electron chi connectivity index (χ3n) is 10.3. The third-order valence-corrected chi connectivity index (χ3v) is 11.4. The molecule has 10 nitrogen and oxygen atoms in total. The molecule has 0 aromatic carbocycles. The lowest BCUT2D eigenvalue weighted by atomic mass is 9.63. The van der Waals surface area contributed by atoms with Crippen molar-refractivity contribution in [1.82, 2.24) is 25.8 Å². The maximum absolute atomic E-state index is 10.1. The number of nitriles is 1. The number of piperazine rings is 1. The van der Waals surface area contributed by atoms with E-state index in [4.69, 9.17) is 25.4 Å². The first-order chi connectivity index (χ1) is 20.5. The molecule has 2 saturated heterocycles. The molecule has 11 heteroatoms. The molecule has 8 rings (SSSR count). The van der Waals surface area contributed by atoms with Crippen molar-refractivity contribution >= 4 is 28.1 Å². The Morgan fingerprint density at radius 3 is 2.81 bits per heavy atom. The lowest BCUT2D eigenvalue weighted by Gasteiger charge is -2.39. The number of anilines is 3. The van der Waals surface area contributed by atoms with Crippen LogP contribution in [0.15, 0.2) is 10.6 Å². The van der Waals surface area contributed by atoms with Crippen LogP contribution in [0.4, 0.5) is 16.8 Å². The van der Waals surface area contributed by atoms with E-state index in [0.717, 1.165) is 124 Å². The molecule has 3 aromatic heterocycles. The molecule has 0 unspecified atom stereocenters. The standard InChI is InChI=1S/C31H39N9OS/c1-19-17-34-11-4-13-40(19)29-36-22(15-24(37-29)39-14-12-35-30(18-39)9-10-30)26-20-5-2-7-31(27(20)41-38-26)8-3-6-23-25(31)21(16-32)28(33)42-23/h15,19,34-35H,2-14,17-18,33H2,1H3/t19-,31-/m0/s1. The molecule has 5 aliphatic rings. The quantitative estimate of drug-likeness (QED) is 0.418. The fourth-order valence-corrected chi connectivity index (χ4v) is 9.19. The maximum atomic E-state index is 10.1. The van der Waals surface area contributed by atoms with E-state index in [2.05, 4.69) is 39.5 Å². The topological polar surface area (TPSA) is 132 Å². The first-order valence-electron chi connectivity index (χ1n) is 15.7. The van der Waals surface area contributed by atoms with Gasteiger partial charge in [-0.15, -0.1) is 11.3 Å². The largest absolute Gasteiger partial charge is 0.389 e. The van der Waals surface area contributed by atoms with E-state index in [1.165, 1.54) is 17.7 Å². The number of fused-ring (bicyclic) bond motifs is 4. The molecule has 0 amide bonds. The lowest BCUT2D eigenvalue weighted by Crippen LogP contribution is -2.53. The SMILES string of the molecule is C[C@H]1CNCCCN1c1nc(-c2noc3c2CCC[C@@]32CCCc3sc(N)c(C#N)c32)cc(N2CCNC3(CC3)C2)n1. The number of aromatic nitrogens is 3. The number of nitrogens with two attached hydrogens (primary N) is 1. The van der Waals surface area contributed by atoms with Crippen LogP contribution < -0.4 is 26.2 Å². The van der Waals surface area contributed by atoms with Gasteiger partial charge < -0.3 is 30.7 Å². The number of thiophene rings is 1. The van der Waals surface area contributed by atoms with E-state index >= 15 is 0 Å². The van der Waals surface area contributed by atoms with Crippen LogP contribution in [0.1, 0.15) is 79.2 Å². The summed E-state index contributed by atoms with van der Waals surface area (Å²) in [5.74, 6) is 2.68. The molecule has 4 N–H and O–H groups in total. The Balaban J connectivity index is 1.25. The Bertz CT molecular complexity index is 1560. The molecule has 220 valence electrons. The van der Waals surface area contributed by atoms with Gasteiger partial charge in [0, 0.05) is 60.8 Å². The average Bonchev–Trinajstić information content (AvgIpc) is 3.51. The van der Waals surface area contributed by atoms with E-state index in [1.54, 1.807) is 11.3 Å². The van der Waals surface area contributed by atoms with Crippen molar-refractivity contribution in [3.05, 3.63) is 33.4 Å². The Hall–Kier alpha value is -3.20. The first kappa shape index (κ1) is 26.4. The number of rotatable bonds is 3. The van der Waals surface area contributed by atoms with Gasteiger partial charge in [0.05, 0.1) is 11.0 Å². The normalized spacial score (nSPS) is 26.5. The van der Waals surface area contributed by atoms with Crippen LogP contribution in [0.3, 0.4) is 0 Å². The first-order valence-corrected chi connectivity index (χ1v) is 16.5. The Morgan fingerprint density at radius 2 is 1.98 bits per heavy atom. The highest BCUT2D eigenvalue weighted by Gasteiger charge is 2.49. The smallest absolute Gasteiger partial charge is 0.228 e. The molecule has 0 bridgehead atoms. The van der Waals surface area contributed by atoms with Gasteiger partial charge in [-0.3, -0.25) is 0 Å². The van der Waals surface area contributed by atoms with Crippen LogP contribution in [0.2, 0.25) is 0 Å². The molecule has 1 saturated carbocycles. The fraction of sp³-hybridized carbons (Fsp3) is 0.613. The summed E-state index contributed by atoms with van der Waals surface area (Å²) in [6.07, 6.45) is 9.34. The third kappa shape index (κ3) is 4.13. The second-order valence-corrected chi connectivity index (χ2v) is 14.2. The van der Waals surface area contributed by atoms with E-state index in [-0.39, 0.29) is 17.0 Å².